The van der Waals surface area contributed by atoms with Crippen LogP contribution in [0, 0.1) is 6.92 Å². The standard InChI is InChI=1S/C19H29N3O2/c1-15-4-5-16(14-18(15)24-3)19(23)22-12-10-21(11-13-22)17-6-8-20(2)9-7-17/h4-5,14,17H,6-13H2,1-3H3. The molecule has 0 atom stereocenters. The first kappa shape index (κ1) is 17.2. The van der Waals surface area contributed by atoms with Gasteiger partial charge in [0, 0.05) is 37.8 Å². The predicted octanol–water partition coefficient (Wildman–Crippen LogP) is 1.86. The van der Waals surface area contributed by atoms with Gasteiger partial charge in [-0.2, -0.15) is 0 Å². The van der Waals surface area contributed by atoms with Gasteiger partial charge in [0.05, 0.1) is 7.11 Å². The molecule has 0 aliphatic carbocycles. The molecule has 0 N–H and O–H groups in total. The number of hydrogen-bond acceptors (Lipinski definition) is 4. The Balaban J connectivity index is 1.57. The average molecular weight is 331 g/mol. The average Bonchev–Trinajstić information content (AvgIpc) is 2.62. The molecule has 0 radical (unpaired) electrons. The van der Waals surface area contributed by atoms with Gasteiger partial charge in [0.15, 0.2) is 0 Å². The summed E-state index contributed by atoms with van der Waals surface area (Å²) in [6.07, 6.45) is 2.50. The van der Waals surface area contributed by atoms with E-state index in [1.165, 1.54) is 25.9 Å². The number of likely N-dealkylation sites (tertiary alicyclic amines) is 1. The third kappa shape index (κ3) is 3.73. The molecule has 2 fully saturated rings. The van der Waals surface area contributed by atoms with E-state index in [0.29, 0.717) is 6.04 Å². The molecule has 2 saturated heterocycles. The van der Waals surface area contributed by atoms with Crippen molar-refractivity contribution in [2.75, 3.05) is 53.4 Å². The van der Waals surface area contributed by atoms with Gasteiger partial charge in [-0.15, -0.1) is 0 Å². The predicted molar refractivity (Wildman–Crippen MR) is 95.7 cm³/mol. The van der Waals surface area contributed by atoms with Crippen LogP contribution in [-0.4, -0.2) is 80.1 Å². The zero-order chi connectivity index (χ0) is 17.1. The van der Waals surface area contributed by atoms with Crippen LogP contribution in [0.3, 0.4) is 0 Å². The van der Waals surface area contributed by atoms with Crippen molar-refractivity contribution < 1.29 is 9.53 Å². The van der Waals surface area contributed by atoms with Gasteiger partial charge in [0.1, 0.15) is 5.75 Å². The Bertz CT molecular complexity index is 574. The summed E-state index contributed by atoms with van der Waals surface area (Å²) in [5.41, 5.74) is 1.78. The second-order valence-electron chi connectivity index (χ2n) is 7.05. The summed E-state index contributed by atoms with van der Waals surface area (Å²) in [5.74, 6) is 0.905. The number of ether oxygens (including phenoxy) is 1. The molecular formula is C19H29N3O2. The maximum atomic E-state index is 12.8. The van der Waals surface area contributed by atoms with Crippen molar-refractivity contribution >= 4 is 5.91 Å². The number of piperazine rings is 1. The van der Waals surface area contributed by atoms with Crippen LogP contribution in [0.5, 0.6) is 5.75 Å². The van der Waals surface area contributed by atoms with Crippen molar-refractivity contribution in [2.45, 2.75) is 25.8 Å². The van der Waals surface area contributed by atoms with Crippen LogP contribution in [0.1, 0.15) is 28.8 Å². The van der Waals surface area contributed by atoms with E-state index in [9.17, 15) is 4.79 Å². The van der Waals surface area contributed by atoms with Crippen LogP contribution in [0.4, 0.5) is 0 Å². The topological polar surface area (TPSA) is 36.0 Å². The molecule has 0 unspecified atom stereocenters. The van der Waals surface area contributed by atoms with E-state index in [0.717, 1.165) is 43.1 Å². The molecule has 0 saturated carbocycles. The summed E-state index contributed by atoms with van der Waals surface area (Å²) in [6.45, 7) is 7.99. The summed E-state index contributed by atoms with van der Waals surface area (Å²) in [7, 11) is 3.85. The van der Waals surface area contributed by atoms with Crippen molar-refractivity contribution in [1.82, 2.24) is 14.7 Å². The summed E-state index contributed by atoms with van der Waals surface area (Å²) in [4.78, 5) is 19.7. The lowest BCUT2D eigenvalue weighted by molar-refractivity contribution is 0.0475. The number of rotatable bonds is 3. The van der Waals surface area contributed by atoms with Gasteiger partial charge in [0.25, 0.3) is 5.91 Å². The highest BCUT2D eigenvalue weighted by Crippen LogP contribution is 2.22. The number of amides is 1. The number of carbonyl (C=O) groups excluding carboxylic acids is 1. The van der Waals surface area contributed by atoms with Crippen LogP contribution in [0.25, 0.3) is 0 Å². The number of nitrogens with zero attached hydrogens (tertiary/aromatic N) is 3. The molecule has 132 valence electrons. The lowest BCUT2D eigenvalue weighted by atomic mass is 10.0. The maximum absolute atomic E-state index is 12.8. The van der Waals surface area contributed by atoms with Gasteiger partial charge >= 0.3 is 0 Å². The Morgan fingerprint density at radius 3 is 2.38 bits per heavy atom. The van der Waals surface area contributed by atoms with Gasteiger partial charge in [-0.1, -0.05) is 6.07 Å². The molecule has 5 heteroatoms. The van der Waals surface area contributed by atoms with E-state index in [4.69, 9.17) is 4.74 Å². The fourth-order valence-electron chi connectivity index (χ4n) is 3.79. The quantitative estimate of drug-likeness (QED) is 0.847. The van der Waals surface area contributed by atoms with Crippen molar-refractivity contribution in [3.05, 3.63) is 29.3 Å². The largest absolute Gasteiger partial charge is 0.496 e. The summed E-state index contributed by atoms with van der Waals surface area (Å²) >= 11 is 0. The molecule has 0 aromatic heterocycles. The van der Waals surface area contributed by atoms with Crippen LogP contribution >= 0.6 is 0 Å². The molecular weight excluding hydrogens is 302 g/mol. The zero-order valence-electron chi connectivity index (χ0n) is 15.1. The third-order valence-electron chi connectivity index (χ3n) is 5.46. The minimum atomic E-state index is 0.122. The zero-order valence-corrected chi connectivity index (χ0v) is 15.1. The Hall–Kier alpha value is -1.59. The molecule has 0 spiro atoms. The van der Waals surface area contributed by atoms with Crippen molar-refractivity contribution in [1.29, 1.82) is 0 Å². The first-order valence-electron chi connectivity index (χ1n) is 8.95. The van der Waals surface area contributed by atoms with E-state index < -0.39 is 0 Å². The van der Waals surface area contributed by atoms with Crippen molar-refractivity contribution in [2.24, 2.45) is 0 Å². The molecule has 0 bridgehead atoms. The van der Waals surface area contributed by atoms with E-state index in [1.807, 2.05) is 30.0 Å². The maximum Gasteiger partial charge on any atom is 0.254 e. The minimum Gasteiger partial charge on any atom is -0.496 e. The molecule has 2 aliphatic heterocycles. The Morgan fingerprint density at radius 2 is 1.75 bits per heavy atom. The lowest BCUT2D eigenvalue weighted by Gasteiger charge is -2.42. The SMILES string of the molecule is COc1cc(C(=O)N2CCN(C3CCN(C)CC3)CC2)ccc1C. The number of piperidine rings is 1. The molecule has 5 nitrogen and oxygen atoms in total. The second kappa shape index (κ2) is 7.53. The fourth-order valence-corrected chi connectivity index (χ4v) is 3.79. The summed E-state index contributed by atoms with van der Waals surface area (Å²) < 4.78 is 5.35. The van der Waals surface area contributed by atoms with E-state index in [1.54, 1.807) is 7.11 Å². The van der Waals surface area contributed by atoms with Gasteiger partial charge in [-0.25, -0.2) is 0 Å². The molecule has 1 aromatic carbocycles. The third-order valence-corrected chi connectivity index (χ3v) is 5.46. The van der Waals surface area contributed by atoms with Gasteiger partial charge in [-0.05, 0) is 57.6 Å². The van der Waals surface area contributed by atoms with Gasteiger partial charge in [0.2, 0.25) is 0 Å². The normalized spacial score (nSPS) is 21.0. The van der Waals surface area contributed by atoms with Crippen molar-refractivity contribution in [3.63, 3.8) is 0 Å². The second-order valence-corrected chi connectivity index (χ2v) is 7.05. The Morgan fingerprint density at radius 1 is 1.08 bits per heavy atom. The van der Waals surface area contributed by atoms with Crippen LogP contribution in [0.15, 0.2) is 18.2 Å². The first-order chi connectivity index (χ1) is 11.6. The fraction of sp³-hybridized carbons (Fsp3) is 0.632. The molecule has 24 heavy (non-hydrogen) atoms. The highest BCUT2D eigenvalue weighted by atomic mass is 16.5. The molecule has 2 aliphatic rings. The minimum absolute atomic E-state index is 0.122. The molecule has 1 aromatic rings. The molecule has 1 amide bonds. The highest BCUT2D eigenvalue weighted by Gasteiger charge is 2.28. The smallest absolute Gasteiger partial charge is 0.254 e. The van der Waals surface area contributed by atoms with Crippen LogP contribution < -0.4 is 4.74 Å². The number of aryl methyl sites for hydroxylation is 1. The molecule has 3 rings (SSSR count). The molecule has 2 heterocycles. The Labute approximate surface area is 145 Å². The van der Waals surface area contributed by atoms with E-state index in [-0.39, 0.29) is 5.91 Å². The monoisotopic (exact) mass is 331 g/mol. The van der Waals surface area contributed by atoms with Crippen LogP contribution in [0.2, 0.25) is 0 Å². The lowest BCUT2D eigenvalue weighted by Crippen LogP contribution is -2.54. The number of benzene rings is 1. The highest BCUT2D eigenvalue weighted by molar-refractivity contribution is 5.94. The van der Waals surface area contributed by atoms with Crippen LogP contribution in [-0.2, 0) is 0 Å². The van der Waals surface area contributed by atoms with Crippen molar-refractivity contribution in [3.8, 4) is 5.75 Å². The number of carbonyl (C=O) groups is 1. The Kier molecular flexibility index (Phi) is 5.41. The van der Waals surface area contributed by atoms with E-state index in [2.05, 4.69) is 16.8 Å². The van der Waals surface area contributed by atoms with Gasteiger partial charge in [-0.3, -0.25) is 9.69 Å². The first-order valence-corrected chi connectivity index (χ1v) is 8.95. The summed E-state index contributed by atoms with van der Waals surface area (Å²) in [5, 5.41) is 0. The van der Waals surface area contributed by atoms with E-state index >= 15 is 0 Å². The number of hydrogen-bond donors (Lipinski definition) is 0. The number of methoxy groups -OCH3 is 1. The van der Waals surface area contributed by atoms with Gasteiger partial charge < -0.3 is 14.5 Å². The summed E-state index contributed by atoms with van der Waals surface area (Å²) in [6, 6.07) is 6.42.